The van der Waals surface area contributed by atoms with Crippen molar-refractivity contribution in [2.45, 2.75) is 81.1 Å². The van der Waals surface area contributed by atoms with Crippen LogP contribution in [0.4, 0.5) is 0 Å². The summed E-state index contributed by atoms with van der Waals surface area (Å²) in [5, 5.41) is 0. The van der Waals surface area contributed by atoms with Crippen LogP contribution in [0.2, 0.25) is 0 Å². The molecule has 4 N–H and O–H groups in total. The maximum absolute atomic E-state index is 5.92. The Bertz CT molecular complexity index is 309. The lowest BCUT2D eigenvalue weighted by Gasteiger charge is -2.15. The Hall–Kier alpha value is -1.06. The lowest BCUT2D eigenvalue weighted by Crippen LogP contribution is -2.18. The van der Waals surface area contributed by atoms with Crippen molar-refractivity contribution in [1.29, 1.82) is 0 Å². The molecule has 0 aromatic carbocycles. The number of hydrogen-bond acceptors (Lipinski definition) is 2. The van der Waals surface area contributed by atoms with Crippen LogP contribution in [-0.4, -0.2) is 24.8 Å². The van der Waals surface area contributed by atoms with Crippen molar-refractivity contribution in [1.82, 2.24) is 0 Å². The van der Waals surface area contributed by atoms with Gasteiger partial charge in [-0.3, -0.25) is 9.98 Å². The van der Waals surface area contributed by atoms with Crippen LogP contribution in [0.1, 0.15) is 81.1 Å². The molecule has 0 heterocycles. The lowest BCUT2D eigenvalue weighted by atomic mass is 9.97. The number of amidine groups is 2. The van der Waals surface area contributed by atoms with Gasteiger partial charge in [-0.25, -0.2) is 0 Å². The first-order chi connectivity index (χ1) is 9.49. The molecular formula is C18H40N4. The number of nitrogens with two attached hydrogens (primary N) is 2. The Labute approximate surface area is 138 Å². The number of hydrogen-bond donors (Lipinski definition) is 2. The lowest BCUT2D eigenvalue weighted by molar-refractivity contribution is 0.429. The van der Waals surface area contributed by atoms with Gasteiger partial charge in [0.2, 0.25) is 0 Å². The van der Waals surface area contributed by atoms with E-state index in [2.05, 4.69) is 51.5 Å². The van der Waals surface area contributed by atoms with Crippen molar-refractivity contribution < 1.29 is 0 Å². The van der Waals surface area contributed by atoms with E-state index in [4.69, 9.17) is 11.5 Å². The van der Waals surface area contributed by atoms with Crippen molar-refractivity contribution in [2.75, 3.05) is 13.1 Å². The molecule has 0 saturated heterocycles. The Morgan fingerprint density at radius 1 is 0.682 bits per heavy atom. The fourth-order valence-corrected chi connectivity index (χ4v) is 1.62. The SMILES string of the molecule is C.CC(C)(C)CN=C(N)CCCCCC(N)=NCC(C)(C)C. The zero-order chi connectivity index (χ0) is 16.5. The van der Waals surface area contributed by atoms with Gasteiger partial charge in [-0.05, 0) is 23.7 Å². The van der Waals surface area contributed by atoms with E-state index in [1.54, 1.807) is 0 Å². The highest BCUT2D eigenvalue weighted by Gasteiger charge is 2.09. The minimum absolute atomic E-state index is 0. The van der Waals surface area contributed by atoms with Gasteiger partial charge >= 0.3 is 0 Å². The molecule has 0 aliphatic heterocycles. The monoisotopic (exact) mass is 312 g/mol. The third-order valence-electron chi connectivity index (χ3n) is 2.88. The van der Waals surface area contributed by atoms with E-state index in [1.807, 2.05) is 0 Å². The van der Waals surface area contributed by atoms with Crippen molar-refractivity contribution >= 4 is 11.7 Å². The summed E-state index contributed by atoms with van der Waals surface area (Å²) in [5.74, 6) is 1.55. The van der Waals surface area contributed by atoms with Crippen LogP contribution in [0.25, 0.3) is 0 Å². The van der Waals surface area contributed by atoms with E-state index >= 15 is 0 Å². The summed E-state index contributed by atoms with van der Waals surface area (Å²) in [4.78, 5) is 8.86. The smallest absolute Gasteiger partial charge is 0.0937 e. The molecular weight excluding hydrogens is 272 g/mol. The van der Waals surface area contributed by atoms with Crippen LogP contribution in [0, 0.1) is 10.8 Å². The summed E-state index contributed by atoms with van der Waals surface area (Å²) in [6, 6.07) is 0. The van der Waals surface area contributed by atoms with Crippen LogP contribution in [0.5, 0.6) is 0 Å². The molecule has 0 saturated carbocycles. The fraction of sp³-hybridized carbons (Fsp3) is 0.889. The summed E-state index contributed by atoms with van der Waals surface area (Å²) in [5.41, 5.74) is 12.3. The normalized spacial score (nSPS) is 13.9. The first-order valence-electron chi connectivity index (χ1n) is 8.07. The summed E-state index contributed by atoms with van der Waals surface area (Å²) < 4.78 is 0. The molecule has 0 bridgehead atoms. The maximum atomic E-state index is 5.92. The topological polar surface area (TPSA) is 76.8 Å². The van der Waals surface area contributed by atoms with Gasteiger partial charge in [0.1, 0.15) is 0 Å². The summed E-state index contributed by atoms with van der Waals surface area (Å²) in [6.45, 7) is 14.6. The van der Waals surface area contributed by atoms with Gasteiger partial charge in [-0.1, -0.05) is 55.4 Å². The minimum atomic E-state index is 0. The van der Waals surface area contributed by atoms with Crippen molar-refractivity contribution in [3.63, 3.8) is 0 Å². The Morgan fingerprint density at radius 3 is 1.27 bits per heavy atom. The molecule has 0 rings (SSSR count). The van der Waals surface area contributed by atoms with Gasteiger partial charge in [0.15, 0.2) is 0 Å². The number of nitrogens with zero attached hydrogens (tertiary/aromatic N) is 2. The molecule has 0 aliphatic rings. The molecule has 0 spiro atoms. The van der Waals surface area contributed by atoms with Crippen LogP contribution in [-0.2, 0) is 0 Å². The highest BCUT2D eigenvalue weighted by molar-refractivity contribution is 5.80. The van der Waals surface area contributed by atoms with Crippen LogP contribution >= 0.6 is 0 Å². The molecule has 4 heteroatoms. The maximum Gasteiger partial charge on any atom is 0.0937 e. The minimum Gasteiger partial charge on any atom is -0.387 e. The Kier molecular flexibility index (Phi) is 11.2. The zero-order valence-electron chi connectivity index (χ0n) is 15.0. The molecule has 4 nitrogen and oxygen atoms in total. The van der Waals surface area contributed by atoms with Crippen molar-refractivity contribution in [3.8, 4) is 0 Å². The first-order valence-corrected chi connectivity index (χ1v) is 8.07. The van der Waals surface area contributed by atoms with Gasteiger partial charge in [-0.15, -0.1) is 0 Å². The molecule has 132 valence electrons. The van der Waals surface area contributed by atoms with E-state index in [0.717, 1.165) is 56.9 Å². The Morgan fingerprint density at radius 2 is 1.00 bits per heavy atom. The molecule has 0 aromatic rings. The summed E-state index contributed by atoms with van der Waals surface area (Å²) in [6.07, 6.45) is 5.04. The van der Waals surface area contributed by atoms with Gasteiger partial charge < -0.3 is 11.5 Å². The van der Waals surface area contributed by atoms with E-state index in [9.17, 15) is 0 Å². The average Bonchev–Trinajstić information content (AvgIpc) is 2.32. The third kappa shape index (κ3) is 17.0. The summed E-state index contributed by atoms with van der Waals surface area (Å²) >= 11 is 0. The van der Waals surface area contributed by atoms with Crippen LogP contribution in [0.15, 0.2) is 9.98 Å². The van der Waals surface area contributed by atoms with Crippen molar-refractivity contribution in [3.05, 3.63) is 0 Å². The molecule has 0 amide bonds. The van der Waals surface area contributed by atoms with Gasteiger partial charge in [0.05, 0.1) is 11.7 Å². The van der Waals surface area contributed by atoms with E-state index in [-0.39, 0.29) is 18.3 Å². The number of aliphatic imine (C=N–C) groups is 2. The molecule has 0 aliphatic carbocycles. The zero-order valence-corrected chi connectivity index (χ0v) is 15.0. The van der Waals surface area contributed by atoms with Crippen LogP contribution < -0.4 is 11.5 Å². The second-order valence-electron chi connectivity index (χ2n) is 8.30. The highest BCUT2D eigenvalue weighted by atomic mass is 14.9. The molecule has 22 heavy (non-hydrogen) atoms. The van der Waals surface area contributed by atoms with E-state index in [1.165, 1.54) is 0 Å². The summed E-state index contributed by atoms with van der Waals surface area (Å²) in [7, 11) is 0. The largest absolute Gasteiger partial charge is 0.387 e. The van der Waals surface area contributed by atoms with Gasteiger partial charge in [0, 0.05) is 25.9 Å². The molecule has 0 fully saturated rings. The van der Waals surface area contributed by atoms with E-state index < -0.39 is 0 Å². The third-order valence-corrected chi connectivity index (χ3v) is 2.88. The Balaban J connectivity index is 0. The number of rotatable bonds is 8. The second kappa shape index (κ2) is 10.6. The molecule has 0 atom stereocenters. The van der Waals surface area contributed by atoms with Crippen LogP contribution in [0.3, 0.4) is 0 Å². The standard InChI is InChI=1S/C17H36N4.CH4/c1-16(2,3)12-20-14(18)10-8-7-9-11-15(19)21-13-17(4,5)6;/h7-13H2,1-6H3,(H2,18,20)(H2,19,21);1H4. The number of unbranched alkanes of at least 4 members (excludes halogenated alkanes) is 2. The molecule has 0 unspecified atom stereocenters. The van der Waals surface area contributed by atoms with E-state index in [0.29, 0.717) is 0 Å². The molecule has 0 radical (unpaired) electrons. The predicted molar refractivity (Wildman–Crippen MR) is 102 cm³/mol. The van der Waals surface area contributed by atoms with Gasteiger partial charge in [0.25, 0.3) is 0 Å². The van der Waals surface area contributed by atoms with Gasteiger partial charge in [-0.2, -0.15) is 0 Å². The predicted octanol–water partition coefficient (Wildman–Crippen LogP) is 4.38. The molecule has 0 aromatic heterocycles. The quantitative estimate of drug-likeness (QED) is 0.396. The first kappa shape index (κ1) is 23.2. The fourth-order valence-electron chi connectivity index (χ4n) is 1.62. The highest BCUT2D eigenvalue weighted by Crippen LogP contribution is 2.14. The van der Waals surface area contributed by atoms with Crippen molar-refractivity contribution in [2.24, 2.45) is 32.3 Å². The average molecular weight is 313 g/mol. The second-order valence-corrected chi connectivity index (χ2v) is 8.30.